The molecule has 1 aliphatic rings. The fourth-order valence-electron chi connectivity index (χ4n) is 3.52. The minimum atomic E-state index is -0.457. The van der Waals surface area contributed by atoms with Crippen molar-refractivity contribution in [3.63, 3.8) is 0 Å². The standard InChI is InChI=1S/C20H18FN3O2/c1-12-2-3-14-8-15(21)9-16-18(14)24(12)11-17(19(16)25)20(26)23-10-13-4-6-22-7-5-13/h4-9,11-12H,2-3,10H2,1H3,(H,23,26). The van der Waals surface area contributed by atoms with Gasteiger partial charge in [0.2, 0.25) is 5.43 Å². The molecule has 1 atom stereocenters. The summed E-state index contributed by atoms with van der Waals surface area (Å²) in [4.78, 5) is 29.4. The van der Waals surface area contributed by atoms with Gasteiger partial charge in [-0.15, -0.1) is 0 Å². The number of carbonyl (C=O) groups is 1. The third kappa shape index (κ3) is 2.77. The van der Waals surface area contributed by atoms with E-state index in [1.807, 2.05) is 11.5 Å². The lowest BCUT2D eigenvalue weighted by Gasteiger charge is -2.26. The van der Waals surface area contributed by atoms with Gasteiger partial charge in [0.05, 0.1) is 5.52 Å². The number of nitrogens with zero attached hydrogens (tertiary/aromatic N) is 2. The van der Waals surface area contributed by atoms with E-state index in [1.165, 1.54) is 12.1 Å². The van der Waals surface area contributed by atoms with Crippen LogP contribution in [0, 0.1) is 5.82 Å². The van der Waals surface area contributed by atoms with Crippen molar-refractivity contribution in [2.45, 2.75) is 32.4 Å². The van der Waals surface area contributed by atoms with Crippen molar-refractivity contribution in [2.24, 2.45) is 0 Å². The summed E-state index contributed by atoms with van der Waals surface area (Å²) in [6.45, 7) is 2.33. The van der Waals surface area contributed by atoms with Crippen LogP contribution in [0.2, 0.25) is 0 Å². The van der Waals surface area contributed by atoms with Crippen molar-refractivity contribution in [1.82, 2.24) is 14.9 Å². The summed E-state index contributed by atoms with van der Waals surface area (Å²) in [5.41, 5.74) is 2.05. The largest absolute Gasteiger partial charge is 0.348 e. The highest BCUT2D eigenvalue weighted by molar-refractivity contribution is 5.98. The molecule has 0 radical (unpaired) electrons. The van der Waals surface area contributed by atoms with Gasteiger partial charge in [-0.3, -0.25) is 14.6 Å². The molecule has 2 aromatic heterocycles. The van der Waals surface area contributed by atoms with E-state index >= 15 is 0 Å². The first-order valence-electron chi connectivity index (χ1n) is 8.59. The molecule has 1 unspecified atom stereocenters. The lowest BCUT2D eigenvalue weighted by molar-refractivity contribution is 0.0949. The van der Waals surface area contributed by atoms with Crippen LogP contribution in [0.3, 0.4) is 0 Å². The van der Waals surface area contributed by atoms with Crippen LogP contribution < -0.4 is 10.7 Å². The van der Waals surface area contributed by atoms with E-state index in [4.69, 9.17) is 0 Å². The molecule has 1 aromatic carbocycles. The number of pyridine rings is 2. The predicted molar refractivity (Wildman–Crippen MR) is 96.6 cm³/mol. The van der Waals surface area contributed by atoms with Gasteiger partial charge in [-0.05, 0) is 55.2 Å². The molecular formula is C20H18FN3O2. The van der Waals surface area contributed by atoms with Gasteiger partial charge in [0, 0.05) is 36.6 Å². The van der Waals surface area contributed by atoms with Gasteiger partial charge in [-0.2, -0.15) is 0 Å². The average Bonchev–Trinajstić information content (AvgIpc) is 2.65. The molecule has 1 aliphatic heterocycles. The van der Waals surface area contributed by atoms with Crippen molar-refractivity contribution < 1.29 is 9.18 Å². The second-order valence-corrected chi connectivity index (χ2v) is 6.67. The quantitative estimate of drug-likeness (QED) is 0.789. The topological polar surface area (TPSA) is 64.0 Å². The summed E-state index contributed by atoms with van der Waals surface area (Å²) in [5.74, 6) is -0.902. The van der Waals surface area contributed by atoms with Crippen LogP contribution in [0.25, 0.3) is 10.9 Å². The molecule has 4 rings (SSSR count). The molecule has 26 heavy (non-hydrogen) atoms. The summed E-state index contributed by atoms with van der Waals surface area (Å²) in [5, 5.41) is 3.03. The first-order valence-corrected chi connectivity index (χ1v) is 8.59. The van der Waals surface area contributed by atoms with E-state index in [1.54, 1.807) is 30.7 Å². The highest BCUT2D eigenvalue weighted by Gasteiger charge is 2.23. The van der Waals surface area contributed by atoms with Gasteiger partial charge in [-0.1, -0.05) is 0 Å². The SMILES string of the molecule is CC1CCc2cc(F)cc3c(=O)c(C(=O)NCc4ccncc4)cn1c23. The monoisotopic (exact) mass is 351 g/mol. The van der Waals surface area contributed by atoms with Crippen molar-refractivity contribution in [3.05, 3.63) is 75.6 Å². The lowest BCUT2D eigenvalue weighted by atomic mass is 9.96. The van der Waals surface area contributed by atoms with E-state index in [0.29, 0.717) is 6.54 Å². The number of amides is 1. The average molecular weight is 351 g/mol. The molecule has 0 bridgehead atoms. The van der Waals surface area contributed by atoms with Crippen LogP contribution in [0.4, 0.5) is 4.39 Å². The Morgan fingerprint density at radius 3 is 2.88 bits per heavy atom. The van der Waals surface area contributed by atoms with E-state index in [0.717, 1.165) is 29.5 Å². The molecule has 0 saturated heterocycles. The summed E-state index contributed by atoms with van der Waals surface area (Å²) < 4.78 is 15.9. The van der Waals surface area contributed by atoms with Crippen LogP contribution in [0.15, 0.2) is 47.7 Å². The molecule has 3 heterocycles. The molecule has 0 fully saturated rings. The summed E-state index contributed by atoms with van der Waals surface area (Å²) in [6.07, 6.45) is 6.46. The van der Waals surface area contributed by atoms with Gasteiger partial charge in [0.1, 0.15) is 11.4 Å². The van der Waals surface area contributed by atoms with Gasteiger partial charge in [0.25, 0.3) is 5.91 Å². The molecule has 0 aliphatic carbocycles. The lowest BCUT2D eigenvalue weighted by Crippen LogP contribution is -2.31. The number of halogens is 1. The predicted octanol–water partition coefficient (Wildman–Crippen LogP) is 2.97. The number of aromatic nitrogens is 2. The van der Waals surface area contributed by atoms with E-state index in [9.17, 15) is 14.0 Å². The van der Waals surface area contributed by atoms with Gasteiger partial charge in [0.15, 0.2) is 0 Å². The second-order valence-electron chi connectivity index (χ2n) is 6.67. The Morgan fingerprint density at radius 2 is 2.12 bits per heavy atom. The molecule has 0 saturated carbocycles. The summed E-state index contributed by atoms with van der Waals surface area (Å²) in [7, 11) is 0. The van der Waals surface area contributed by atoms with Gasteiger partial charge in [-0.25, -0.2) is 4.39 Å². The molecule has 6 heteroatoms. The molecule has 132 valence electrons. The third-order valence-electron chi connectivity index (χ3n) is 4.92. The minimum absolute atomic E-state index is 0.0388. The van der Waals surface area contributed by atoms with Crippen LogP contribution in [-0.4, -0.2) is 15.5 Å². The van der Waals surface area contributed by atoms with Crippen LogP contribution >= 0.6 is 0 Å². The number of nitrogens with one attached hydrogen (secondary N) is 1. The molecule has 1 amide bonds. The van der Waals surface area contributed by atoms with Crippen molar-refractivity contribution in [1.29, 1.82) is 0 Å². The number of rotatable bonds is 3. The third-order valence-corrected chi connectivity index (χ3v) is 4.92. The maximum absolute atomic E-state index is 14.0. The van der Waals surface area contributed by atoms with Gasteiger partial charge < -0.3 is 9.88 Å². The zero-order valence-electron chi connectivity index (χ0n) is 14.3. The van der Waals surface area contributed by atoms with Crippen LogP contribution in [0.1, 0.15) is 40.9 Å². The van der Waals surface area contributed by atoms with Crippen LogP contribution in [-0.2, 0) is 13.0 Å². The Hall–Kier alpha value is -3.02. The Labute approximate surface area is 149 Å². The first-order chi connectivity index (χ1) is 12.5. The molecular weight excluding hydrogens is 333 g/mol. The Bertz CT molecular complexity index is 1060. The molecule has 0 spiro atoms. The highest BCUT2D eigenvalue weighted by atomic mass is 19.1. The number of hydrogen-bond acceptors (Lipinski definition) is 3. The fraction of sp³-hybridized carbons (Fsp3) is 0.250. The summed E-state index contributed by atoms with van der Waals surface area (Å²) in [6, 6.07) is 6.44. The van der Waals surface area contributed by atoms with Crippen molar-refractivity contribution in [2.75, 3.05) is 0 Å². The maximum Gasteiger partial charge on any atom is 0.257 e. The van der Waals surface area contributed by atoms with E-state index in [-0.39, 0.29) is 17.0 Å². The van der Waals surface area contributed by atoms with Crippen LogP contribution in [0.5, 0.6) is 0 Å². The van der Waals surface area contributed by atoms with E-state index in [2.05, 4.69) is 10.3 Å². The Balaban J connectivity index is 1.77. The van der Waals surface area contributed by atoms with E-state index < -0.39 is 17.2 Å². The summed E-state index contributed by atoms with van der Waals surface area (Å²) >= 11 is 0. The Morgan fingerprint density at radius 1 is 1.35 bits per heavy atom. The smallest absolute Gasteiger partial charge is 0.257 e. The number of carbonyl (C=O) groups excluding carboxylic acids is 1. The van der Waals surface area contributed by atoms with Crippen molar-refractivity contribution >= 4 is 16.8 Å². The fourth-order valence-corrected chi connectivity index (χ4v) is 3.52. The molecule has 5 nitrogen and oxygen atoms in total. The Kier molecular flexibility index (Phi) is 4.03. The minimum Gasteiger partial charge on any atom is -0.348 e. The maximum atomic E-state index is 14.0. The van der Waals surface area contributed by atoms with Gasteiger partial charge >= 0.3 is 0 Å². The molecule has 1 N–H and O–H groups in total. The second kappa shape index (κ2) is 6.37. The zero-order valence-corrected chi connectivity index (χ0v) is 14.3. The zero-order chi connectivity index (χ0) is 18.3. The first kappa shape index (κ1) is 16.4. The number of benzene rings is 1. The number of aryl methyl sites for hydroxylation is 1. The van der Waals surface area contributed by atoms with Crippen molar-refractivity contribution in [3.8, 4) is 0 Å². The molecule has 3 aromatic rings. The highest BCUT2D eigenvalue weighted by Crippen LogP contribution is 2.30. The number of hydrogen-bond donors (Lipinski definition) is 1. The normalized spacial score (nSPS) is 15.8.